The Bertz CT molecular complexity index is 1190. The molecule has 0 saturated carbocycles. The zero-order valence-corrected chi connectivity index (χ0v) is 30.2. The summed E-state index contributed by atoms with van der Waals surface area (Å²) in [5, 5.41) is 2.54. The van der Waals surface area contributed by atoms with E-state index < -0.39 is 19.7 Å². The second kappa shape index (κ2) is 13.0. The van der Waals surface area contributed by atoms with E-state index in [2.05, 4.69) is 107 Å². The number of fused-ring (bicyclic) bond motifs is 1. The minimum absolute atomic E-state index is 0.0189. The van der Waals surface area contributed by atoms with Gasteiger partial charge in [0, 0.05) is 13.0 Å². The number of carbonyl (C=O) groups excluding carboxylic acids is 1. The first-order valence-corrected chi connectivity index (χ1v) is 21.0. The first-order valence-electron chi connectivity index (χ1n) is 15.5. The molecule has 1 spiro atoms. The first kappa shape index (κ1) is 33.4. The molecule has 3 saturated heterocycles. The van der Waals surface area contributed by atoms with Crippen LogP contribution in [0.3, 0.4) is 0 Å². The summed E-state index contributed by atoms with van der Waals surface area (Å²) in [5.41, 5.74) is -0.411. The van der Waals surface area contributed by atoms with E-state index in [1.54, 1.807) is 35.3 Å². The fourth-order valence-electron chi connectivity index (χ4n) is 7.62. The van der Waals surface area contributed by atoms with E-state index in [4.69, 9.17) is 18.6 Å². The minimum Gasteiger partial charge on any atom is -0.433 e. The number of ether oxygens (including phenoxy) is 3. The predicted octanol–water partition coefficient (Wildman–Crippen LogP) is 7.07. The van der Waals surface area contributed by atoms with Crippen molar-refractivity contribution in [3.63, 3.8) is 0 Å². The molecule has 3 fully saturated rings. The largest absolute Gasteiger partial charge is 0.433 e. The number of carbonyl (C=O) groups is 1. The summed E-state index contributed by atoms with van der Waals surface area (Å²) in [7, 11) is -2.59. The Balaban J connectivity index is 1.30. The molecule has 236 valence electrons. The van der Waals surface area contributed by atoms with Crippen LogP contribution in [-0.4, -0.2) is 66.7 Å². The molecule has 2 aromatic rings. The summed E-state index contributed by atoms with van der Waals surface area (Å²) in [6.07, 6.45) is 10.9. The lowest BCUT2D eigenvalue weighted by Crippen LogP contribution is -2.66. The highest BCUT2D eigenvalue weighted by Gasteiger charge is 2.64. The van der Waals surface area contributed by atoms with Crippen LogP contribution in [-0.2, 0) is 23.4 Å². The molecule has 0 N–H and O–H groups in total. The van der Waals surface area contributed by atoms with Gasteiger partial charge < -0.3 is 18.6 Å². The summed E-state index contributed by atoms with van der Waals surface area (Å²) in [4.78, 5) is 12.7. The quantitative estimate of drug-likeness (QED) is 0.152. The zero-order chi connectivity index (χ0) is 30.9. The molecular weight excluding hydrogens is 613 g/mol. The van der Waals surface area contributed by atoms with Gasteiger partial charge >= 0.3 is 5.97 Å². The fraction of sp³-hybridized carbons (Fsp3) is 0.618. The molecule has 43 heavy (non-hydrogen) atoms. The average molecular weight is 661 g/mol. The molecule has 0 aromatic heterocycles. The molecule has 9 heteroatoms. The van der Waals surface area contributed by atoms with Crippen LogP contribution in [0.4, 0.5) is 0 Å². The number of esters is 1. The Morgan fingerprint density at radius 1 is 0.884 bits per heavy atom. The standard InChI is InChI=1S/C34H48O5S3Si/c1-31(2,3)43(26-14-10-8-11-15-26,27-16-12-9-13-17-27)36-23-20-25-18-19-29-32(4,37-25)21-22-33(38-29)28(24-30(35)39-33)34(40-5,41-6)42-7/h8-17,25,28-29H,18-24H2,1-7H3/t25-,28-,29+,32-,33-/m0/s1. The molecule has 3 heterocycles. The van der Waals surface area contributed by atoms with E-state index in [-0.39, 0.29) is 32.5 Å². The van der Waals surface area contributed by atoms with E-state index in [0.717, 1.165) is 25.7 Å². The van der Waals surface area contributed by atoms with Gasteiger partial charge in [-0.3, -0.25) is 4.79 Å². The van der Waals surface area contributed by atoms with Crippen LogP contribution in [0.25, 0.3) is 0 Å². The number of rotatable bonds is 10. The smallest absolute Gasteiger partial charge is 0.308 e. The Morgan fingerprint density at radius 2 is 1.47 bits per heavy atom. The zero-order valence-electron chi connectivity index (χ0n) is 26.7. The van der Waals surface area contributed by atoms with Crippen LogP contribution in [0.15, 0.2) is 60.7 Å². The third-order valence-electron chi connectivity index (χ3n) is 9.82. The van der Waals surface area contributed by atoms with Crippen LogP contribution >= 0.6 is 35.3 Å². The number of hydrogen-bond donors (Lipinski definition) is 0. The lowest BCUT2D eigenvalue weighted by molar-refractivity contribution is -0.332. The highest BCUT2D eigenvalue weighted by atomic mass is 32.3. The van der Waals surface area contributed by atoms with Gasteiger partial charge in [0.25, 0.3) is 8.32 Å². The van der Waals surface area contributed by atoms with Crippen LogP contribution in [0, 0.1) is 5.92 Å². The van der Waals surface area contributed by atoms with E-state index in [1.807, 2.05) is 0 Å². The summed E-state index contributed by atoms with van der Waals surface area (Å²) in [5.74, 6) is -1.04. The van der Waals surface area contributed by atoms with Gasteiger partial charge in [-0.2, -0.15) is 0 Å². The molecule has 0 aliphatic carbocycles. The van der Waals surface area contributed by atoms with Gasteiger partial charge in [-0.05, 0) is 66.8 Å². The normalized spacial score (nSPS) is 29.8. The molecule has 3 aliphatic heterocycles. The Labute approximate surface area is 272 Å². The molecule has 2 aromatic carbocycles. The van der Waals surface area contributed by atoms with Crippen molar-refractivity contribution >= 4 is 59.9 Å². The molecule has 5 rings (SSSR count). The molecule has 5 nitrogen and oxygen atoms in total. The number of benzene rings is 2. The minimum atomic E-state index is -2.59. The second-order valence-corrected chi connectivity index (χ2v) is 21.5. The van der Waals surface area contributed by atoms with Crippen molar-refractivity contribution in [3.05, 3.63) is 60.7 Å². The van der Waals surface area contributed by atoms with Crippen molar-refractivity contribution in [2.24, 2.45) is 5.92 Å². The fourth-order valence-corrected chi connectivity index (χ4v) is 15.8. The molecule has 0 radical (unpaired) electrons. The molecule has 5 atom stereocenters. The maximum atomic E-state index is 12.7. The lowest BCUT2D eigenvalue weighted by Gasteiger charge is -2.54. The molecule has 0 unspecified atom stereocenters. The highest BCUT2D eigenvalue weighted by Crippen LogP contribution is 2.60. The van der Waals surface area contributed by atoms with E-state index in [1.165, 1.54) is 10.4 Å². The van der Waals surface area contributed by atoms with Gasteiger partial charge in [-0.1, -0.05) is 81.4 Å². The van der Waals surface area contributed by atoms with Crippen molar-refractivity contribution in [2.75, 3.05) is 25.4 Å². The lowest BCUT2D eigenvalue weighted by atomic mass is 9.79. The topological polar surface area (TPSA) is 54.0 Å². The highest BCUT2D eigenvalue weighted by molar-refractivity contribution is 8.33. The summed E-state index contributed by atoms with van der Waals surface area (Å²) in [6.45, 7) is 9.79. The van der Waals surface area contributed by atoms with Crippen molar-refractivity contribution in [1.82, 2.24) is 0 Å². The monoisotopic (exact) mass is 660 g/mol. The Kier molecular flexibility index (Phi) is 10.1. The maximum Gasteiger partial charge on any atom is 0.308 e. The summed E-state index contributed by atoms with van der Waals surface area (Å²) < 4.78 is 26.8. The summed E-state index contributed by atoms with van der Waals surface area (Å²) >= 11 is 5.38. The average Bonchev–Trinajstić information content (AvgIpc) is 3.32. The second-order valence-electron chi connectivity index (χ2n) is 13.3. The molecular formula is C34H48O5S3Si. The molecule has 3 aliphatic rings. The number of thioether (sulfide) groups is 3. The Morgan fingerprint density at radius 3 is 2.00 bits per heavy atom. The SMILES string of the molecule is CSC(SC)(SC)[C@H]1CC(=O)O[C@@]12CC[C@]1(C)O[C@H](CCO[Si](c3ccccc3)(c3ccccc3)C(C)(C)C)CC[C@H]1O2. The van der Waals surface area contributed by atoms with E-state index >= 15 is 0 Å². The predicted molar refractivity (Wildman–Crippen MR) is 185 cm³/mol. The van der Waals surface area contributed by atoms with Gasteiger partial charge in [-0.25, -0.2) is 0 Å². The van der Waals surface area contributed by atoms with Crippen molar-refractivity contribution < 1.29 is 23.4 Å². The molecule has 0 amide bonds. The third kappa shape index (κ3) is 6.13. The molecule has 0 bridgehead atoms. The van der Waals surface area contributed by atoms with E-state index in [9.17, 15) is 4.79 Å². The van der Waals surface area contributed by atoms with Crippen LogP contribution < -0.4 is 10.4 Å². The number of hydrogen-bond acceptors (Lipinski definition) is 8. The van der Waals surface area contributed by atoms with Gasteiger partial charge in [-0.15, -0.1) is 35.3 Å². The van der Waals surface area contributed by atoms with Crippen molar-refractivity contribution in [2.45, 2.75) is 98.3 Å². The van der Waals surface area contributed by atoms with Crippen molar-refractivity contribution in [3.8, 4) is 0 Å². The van der Waals surface area contributed by atoms with Gasteiger partial charge in [0.05, 0.1) is 30.1 Å². The van der Waals surface area contributed by atoms with Gasteiger partial charge in [0.2, 0.25) is 5.79 Å². The van der Waals surface area contributed by atoms with E-state index in [0.29, 0.717) is 19.4 Å². The van der Waals surface area contributed by atoms with Gasteiger partial charge in [0.15, 0.2) is 0 Å². The third-order valence-corrected chi connectivity index (χ3v) is 20.4. The first-order chi connectivity index (χ1) is 20.5. The van der Waals surface area contributed by atoms with Gasteiger partial charge in [0.1, 0.15) is 3.41 Å². The maximum absolute atomic E-state index is 12.7. The van der Waals surface area contributed by atoms with Crippen LogP contribution in [0.2, 0.25) is 5.04 Å². The summed E-state index contributed by atoms with van der Waals surface area (Å²) in [6, 6.07) is 21.6. The van der Waals surface area contributed by atoms with Crippen molar-refractivity contribution in [1.29, 1.82) is 0 Å². The Hall–Kier alpha value is -0.943. The van der Waals surface area contributed by atoms with Crippen LogP contribution in [0.1, 0.15) is 66.2 Å². The van der Waals surface area contributed by atoms with Crippen LogP contribution in [0.5, 0.6) is 0 Å².